The third-order valence-electron chi connectivity index (χ3n) is 4.51. The van der Waals surface area contributed by atoms with Gasteiger partial charge >= 0.3 is 0 Å². The van der Waals surface area contributed by atoms with Gasteiger partial charge in [-0.1, -0.05) is 35.9 Å². The van der Waals surface area contributed by atoms with E-state index in [4.69, 9.17) is 0 Å². The summed E-state index contributed by atoms with van der Waals surface area (Å²) in [5.74, 6) is 0.413. The van der Waals surface area contributed by atoms with Gasteiger partial charge in [-0.15, -0.1) is 11.8 Å². The zero-order valence-corrected chi connectivity index (χ0v) is 13.6. The Morgan fingerprint density at radius 1 is 1.14 bits per heavy atom. The van der Waals surface area contributed by atoms with Crippen molar-refractivity contribution in [3.05, 3.63) is 70.9 Å². The zero-order chi connectivity index (χ0) is 15.1. The molecule has 0 radical (unpaired) electrons. The summed E-state index contributed by atoms with van der Waals surface area (Å²) < 4.78 is 0. The van der Waals surface area contributed by atoms with Gasteiger partial charge in [0.2, 0.25) is 0 Å². The predicted molar refractivity (Wildman–Crippen MR) is 92.5 cm³/mol. The number of nitrogens with one attached hydrogen (secondary N) is 1. The Bertz CT molecular complexity index is 818. The number of thioether (sulfide) groups is 1. The number of benzene rings is 2. The first kappa shape index (κ1) is 13.6. The molecule has 1 aromatic heterocycles. The van der Waals surface area contributed by atoms with E-state index in [1.807, 2.05) is 6.20 Å². The molecule has 2 aromatic carbocycles. The van der Waals surface area contributed by atoms with Crippen LogP contribution in [0.4, 0.5) is 0 Å². The van der Waals surface area contributed by atoms with Gasteiger partial charge in [-0.05, 0) is 48.4 Å². The lowest BCUT2D eigenvalue weighted by Crippen LogP contribution is -2.12. The molecule has 3 aromatic rings. The summed E-state index contributed by atoms with van der Waals surface area (Å²) >= 11 is 1.79. The largest absolute Gasteiger partial charge is 0.278 e. The van der Waals surface area contributed by atoms with Crippen LogP contribution in [0.2, 0.25) is 0 Å². The van der Waals surface area contributed by atoms with Gasteiger partial charge in [-0.25, -0.2) is 0 Å². The van der Waals surface area contributed by atoms with Crippen molar-refractivity contribution in [1.82, 2.24) is 10.2 Å². The van der Waals surface area contributed by atoms with Crippen LogP contribution in [0.1, 0.15) is 28.2 Å². The maximum absolute atomic E-state index is 4.25. The second kappa shape index (κ2) is 5.33. The monoisotopic (exact) mass is 306 g/mol. The molecule has 1 atom stereocenters. The summed E-state index contributed by atoms with van der Waals surface area (Å²) in [6.07, 6.45) is 5.11. The van der Waals surface area contributed by atoms with Crippen LogP contribution in [-0.4, -0.2) is 16.5 Å². The maximum Gasteiger partial charge on any atom is 0.0685 e. The number of aromatic amines is 1. The van der Waals surface area contributed by atoms with Crippen LogP contribution in [0.25, 0.3) is 11.3 Å². The molecule has 1 N–H and O–H groups in total. The summed E-state index contributed by atoms with van der Waals surface area (Å²) in [7, 11) is 0. The third-order valence-corrected chi connectivity index (χ3v) is 5.26. The smallest absolute Gasteiger partial charge is 0.0685 e. The van der Waals surface area contributed by atoms with Crippen molar-refractivity contribution in [2.24, 2.45) is 0 Å². The first-order chi connectivity index (χ1) is 10.8. The second-order valence-electron chi connectivity index (χ2n) is 5.89. The number of nitrogens with zero attached hydrogens (tertiary/aromatic N) is 1. The Labute approximate surface area is 135 Å². The van der Waals surface area contributed by atoms with E-state index < -0.39 is 0 Å². The van der Waals surface area contributed by atoms with Crippen molar-refractivity contribution in [3.63, 3.8) is 0 Å². The van der Waals surface area contributed by atoms with E-state index in [1.54, 1.807) is 11.8 Å². The number of H-pyrrole nitrogens is 1. The Morgan fingerprint density at radius 2 is 1.95 bits per heavy atom. The SMILES string of the molecule is CSc1ccc(C2Cc3cn[nH]c3-c3ccc(C)cc32)cc1. The Balaban J connectivity index is 1.86. The van der Waals surface area contributed by atoms with E-state index in [0.717, 1.165) is 6.42 Å². The molecule has 0 fully saturated rings. The topological polar surface area (TPSA) is 28.7 Å². The fourth-order valence-electron chi connectivity index (χ4n) is 3.36. The number of hydrogen-bond acceptors (Lipinski definition) is 2. The molecule has 1 unspecified atom stereocenters. The molecule has 110 valence electrons. The summed E-state index contributed by atoms with van der Waals surface area (Å²) in [6.45, 7) is 2.16. The second-order valence-corrected chi connectivity index (χ2v) is 6.77. The van der Waals surface area contributed by atoms with Gasteiger partial charge in [0.15, 0.2) is 0 Å². The fraction of sp³-hybridized carbons (Fsp3) is 0.211. The summed E-state index contributed by atoms with van der Waals surface area (Å²) in [5, 5.41) is 7.42. The normalized spacial score (nSPS) is 16.2. The van der Waals surface area contributed by atoms with Crippen LogP contribution in [0, 0.1) is 6.92 Å². The molecular formula is C19H18N2S. The summed E-state index contributed by atoms with van der Waals surface area (Å²) in [6, 6.07) is 15.7. The van der Waals surface area contributed by atoms with Gasteiger partial charge in [0.25, 0.3) is 0 Å². The van der Waals surface area contributed by atoms with Crippen molar-refractivity contribution >= 4 is 11.8 Å². The van der Waals surface area contributed by atoms with Crippen LogP contribution < -0.4 is 0 Å². The molecule has 0 aliphatic heterocycles. The standard InChI is InChI=1S/C19H18N2S/c1-12-3-8-16-18(9-12)17(10-14-11-20-21-19(14)16)13-4-6-15(22-2)7-5-13/h3-9,11,17H,10H2,1-2H3,(H,20,21). The number of fused-ring (bicyclic) bond motifs is 3. The number of hydrogen-bond donors (Lipinski definition) is 1. The van der Waals surface area contributed by atoms with Crippen molar-refractivity contribution in [2.75, 3.05) is 6.26 Å². The molecule has 0 saturated carbocycles. The van der Waals surface area contributed by atoms with Crippen LogP contribution >= 0.6 is 11.8 Å². The minimum absolute atomic E-state index is 0.413. The predicted octanol–water partition coefficient (Wildman–Crippen LogP) is 4.80. The molecule has 0 bridgehead atoms. The molecule has 1 heterocycles. The first-order valence-electron chi connectivity index (χ1n) is 7.53. The van der Waals surface area contributed by atoms with Gasteiger partial charge in [0, 0.05) is 16.4 Å². The van der Waals surface area contributed by atoms with E-state index in [0.29, 0.717) is 5.92 Å². The molecule has 1 aliphatic carbocycles. The van der Waals surface area contributed by atoms with E-state index in [1.165, 1.54) is 38.4 Å². The van der Waals surface area contributed by atoms with Crippen LogP contribution in [0.3, 0.4) is 0 Å². The average Bonchev–Trinajstić information content (AvgIpc) is 3.02. The number of aromatic nitrogens is 2. The summed E-state index contributed by atoms with van der Waals surface area (Å²) in [5.41, 5.74) is 7.91. The minimum Gasteiger partial charge on any atom is -0.278 e. The van der Waals surface area contributed by atoms with Crippen molar-refractivity contribution in [2.45, 2.75) is 24.2 Å². The van der Waals surface area contributed by atoms with E-state index in [-0.39, 0.29) is 0 Å². The van der Waals surface area contributed by atoms with Gasteiger partial charge in [-0.2, -0.15) is 5.10 Å². The fourth-order valence-corrected chi connectivity index (χ4v) is 3.77. The molecule has 1 aliphatic rings. The number of aryl methyl sites for hydroxylation is 1. The van der Waals surface area contributed by atoms with Gasteiger partial charge in [0.1, 0.15) is 0 Å². The Hall–Kier alpha value is -2.00. The maximum atomic E-state index is 4.25. The first-order valence-corrected chi connectivity index (χ1v) is 8.76. The lowest BCUT2D eigenvalue weighted by Gasteiger charge is -2.26. The molecule has 3 heteroatoms. The highest BCUT2D eigenvalue weighted by molar-refractivity contribution is 7.98. The molecule has 0 saturated heterocycles. The highest BCUT2D eigenvalue weighted by atomic mass is 32.2. The minimum atomic E-state index is 0.413. The van der Waals surface area contributed by atoms with Gasteiger partial charge in [-0.3, -0.25) is 5.10 Å². The highest BCUT2D eigenvalue weighted by Gasteiger charge is 2.27. The van der Waals surface area contributed by atoms with Crippen LogP contribution in [-0.2, 0) is 6.42 Å². The quantitative estimate of drug-likeness (QED) is 0.689. The van der Waals surface area contributed by atoms with Crippen molar-refractivity contribution in [1.29, 1.82) is 0 Å². The Morgan fingerprint density at radius 3 is 2.73 bits per heavy atom. The highest BCUT2D eigenvalue weighted by Crippen LogP contribution is 2.42. The van der Waals surface area contributed by atoms with Crippen molar-refractivity contribution < 1.29 is 0 Å². The van der Waals surface area contributed by atoms with Gasteiger partial charge in [0.05, 0.1) is 11.9 Å². The van der Waals surface area contributed by atoms with Crippen LogP contribution in [0.5, 0.6) is 0 Å². The third kappa shape index (κ3) is 2.17. The number of rotatable bonds is 2. The molecule has 4 rings (SSSR count). The molecule has 2 nitrogen and oxygen atoms in total. The zero-order valence-electron chi connectivity index (χ0n) is 12.8. The molecular weight excluding hydrogens is 288 g/mol. The molecule has 0 spiro atoms. The summed E-state index contributed by atoms with van der Waals surface area (Å²) in [4.78, 5) is 1.31. The van der Waals surface area contributed by atoms with Crippen LogP contribution in [0.15, 0.2) is 53.6 Å². The average molecular weight is 306 g/mol. The van der Waals surface area contributed by atoms with Crippen molar-refractivity contribution in [3.8, 4) is 11.3 Å². The lowest BCUT2D eigenvalue weighted by molar-refractivity contribution is 0.791. The van der Waals surface area contributed by atoms with E-state index >= 15 is 0 Å². The van der Waals surface area contributed by atoms with E-state index in [9.17, 15) is 0 Å². The molecule has 22 heavy (non-hydrogen) atoms. The Kier molecular flexibility index (Phi) is 3.30. The lowest BCUT2D eigenvalue weighted by atomic mass is 9.78. The van der Waals surface area contributed by atoms with E-state index in [2.05, 4.69) is 65.8 Å². The van der Waals surface area contributed by atoms with Gasteiger partial charge < -0.3 is 0 Å². The molecule has 0 amide bonds.